The Hall–Kier alpha value is -1.18. The lowest BCUT2D eigenvalue weighted by molar-refractivity contribution is 0.528. The number of rotatable bonds is 5. The lowest BCUT2D eigenvalue weighted by Crippen LogP contribution is -2.30. The molecule has 2 rings (SSSR count). The maximum Gasteiger partial charge on any atom is 0.260 e. The van der Waals surface area contributed by atoms with Crippen LogP contribution in [0.15, 0.2) is 23.4 Å². The van der Waals surface area contributed by atoms with E-state index in [0.29, 0.717) is 12.2 Å². The standard InChI is InChI=1S/C10H16N4O2S/c1-10(4-5-10)7-13-17(15,16)9-8(14-11)3-2-6-12-9/h2-3,6,13-14H,4-5,7,11H2,1H3. The van der Waals surface area contributed by atoms with Gasteiger partial charge in [0, 0.05) is 12.7 Å². The maximum absolute atomic E-state index is 12.0. The monoisotopic (exact) mass is 256 g/mol. The van der Waals surface area contributed by atoms with Gasteiger partial charge < -0.3 is 5.43 Å². The van der Waals surface area contributed by atoms with E-state index in [9.17, 15) is 8.42 Å². The SMILES string of the molecule is CC1(CNS(=O)(=O)c2ncccc2NN)CC1. The number of nitrogen functional groups attached to an aromatic ring is 1. The molecule has 1 aromatic rings. The summed E-state index contributed by atoms with van der Waals surface area (Å²) in [6.07, 6.45) is 3.54. The largest absolute Gasteiger partial charge is 0.321 e. The molecule has 0 aliphatic heterocycles. The van der Waals surface area contributed by atoms with Crippen LogP contribution in [-0.4, -0.2) is 19.9 Å². The Balaban J connectivity index is 2.18. The van der Waals surface area contributed by atoms with Crippen molar-refractivity contribution in [2.24, 2.45) is 11.3 Å². The molecule has 17 heavy (non-hydrogen) atoms. The van der Waals surface area contributed by atoms with Gasteiger partial charge in [-0.3, -0.25) is 5.84 Å². The smallest absolute Gasteiger partial charge is 0.260 e. The van der Waals surface area contributed by atoms with Crippen LogP contribution in [0.4, 0.5) is 5.69 Å². The average molecular weight is 256 g/mol. The van der Waals surface area contributed by atoms with Gasteiger partial charge >= 0.3 is 0 Å². The van der Waals surface area contributed by atoms with Crippen LogP contribution in [0.3, 0.4) is 0 Å². The van der Waals surface area contributed by atoms with E-state index in [2.05, 4.69) is 22.1 Å². The molecule has 0 bridgehead atoms. The van der Waals surface area contributed by atoms with Crippen LogP contribution in [-0.2, 0) is 10.0 Å². The Morgan fingerprint density at radius 1 is 1.53 bits per heavy atom. The van der Waals surface area contributed by atoms with Crippen molar-refractivity contribution in [2.75, 3.05) is 12.0 Å². The number of nitrogens with zero attached hydrogens (tertiary/aromatic N) is 1. The lowest BCUT2D eigenvalue weighted by atomic mass is 10.2. The van der Waals surface area contributed by atoms with Crippen LogP contribution in [0.2, 0.25) is 0 Å². The molecule has 7 heteroatoms. The zero-order chi connectivity index (χ0) is 12.5. The molecule has 1 aliphatic rings. The van der Waals surface area contributed by atoms with Crippen LogP contribution < -0.4 is 16.0 Å². The number of anilines is 1. The maximum atomic E-state index is 12.0. The fourth-order valence-electron chi connectivity index (χ4n) is 1.44. The zero-order valence-corrected chi connectivity index (χ0v) is 10.4. The molecule has 0 unspecified atom stereocenters. The summed E-state index contributed by atoms with van der Waals surface area (Å²) in [7, 11) is -3.60. The first-order chi connectivity index (χ1) is 7.97. The van der Waals surface area contributed by atoms with Gasteiger partial charge in [-0.2, -0.15) is 0 Å². The third-order valence-electron chi connectivity index (χ3n) is 2.97. The van der Waals surface area contributed by atoms with Gasteiger partial charge in [0.15, 0.2) is 5.03 Å². The van der Waals surface area contributed by atoms with E-state index < -0.39 is 10.0 Å². The third-order valence-corrected chi connectivity index (χ3v) is 4.33. The normalized spacial score (nSPS) is 17.8. The molecular formula is C10H16N4O2S. The zero-order valence-electron chi connectivity index (χ0n) is 9.60. The molecular weight excluding hydrogens is 240 g/mol. The van der Waals surface area contributed by atoms with E-state index in [4.69, 9.17) is 5.84 Å². The van der Waals surface area contributed by atoms with E-state index in [1.165, 1.54) is 6.20 Å². The Kier molecular flexibility index (Phi) is 3.07. The molecule has 0 atom stereocenters. The molecule has 1 aromatic heterocycles. The first-order valence-electron chi connectivity index (χ1n) is 5.38. The van der Waals surface area contributed by atoms with Crippen LogP contribution in [0.5, 0.6) is 0 Å². The average Bonchev–Trinajstić information content (AvgIpc) is 3.06. The van der Waals surface area contributed by atoms with Gasteiger partial charge in [0.05, 0.1) is 5.69 Å². The van der Waals surface area contributed by atoms with E-state index in [1.54, 1.807) is 12.1 Å². The third kappa shape index (κ3) is 2.74. The van der Waals surface area contributed by atoms with Gasteiger partial charge in [0.25, 0.3) is 10.0 Å². The summed E-state index contributed by atoms with van der Waals surface area (Å²) in [5.41, 5.74) is 2.73. The van der Waals surface area contributed by atoms with Crippen molar-refractivity contribution in [3.63, 3.8) is 0 Å². The van der Waals surface area contributed by atoms with Crippen LogP contribution in [0, 0.1) is 5.41 Å². The molecule has 6 nitrogen and oxygen atoms in total. The van der Waals surface area contributed by atoms with Gasteiger partial charge in [0.1, 0.15) is 0 Å². The van der Waals surface area contributed by atoms with Gasteiger partial charge in [-0.1, -0.05) is 6.92 Å². The topological polar surface area (TPSA) is 97.1 Å². The van der Waals surface area contributed by atoms with Crippen LogP contribution >= 0.6 is 0 Å². The number of hydrogen-bond donors (Lipinski definition) is 3. The summed E-state index contributed by atoms with van der Waals surface area (Å²) < 4.78 is 26.6. The molecule has 1 aliphatic carbocycles. The summed E-state index contributed by atoms with van der Waals surface area (Å²) in [5.74, 6) is 5.26. The molecule has 1 fully saturated rings. The molecule has 0 saturated heterocycles. The summed E-state index contributed by atoms with van der Waals surface area (Å²) in [5, 5.41) is -0.0632. The number of pyridine rings is 1. The number of nitrogens with one attached hydrogen (secondary N) is 2. The van der Waals surface area contributed by atoms with E-state index >= 15 is 0 Å². The fourth-order valence-corrected chi connectivity index (χ4v) is 2.73. The Morgan fingerprint density at radius 2 is 2.24 bits per heavy atom. The Morgan fingerprint density at radius 3 is 2.82 bits per heavy atom. The summed E-state index contributed by atoms with van der Waals surface area (Å²) >= 11 is 0. The summed E-state index contributed by atoms with van der Waals surface area (Å²) in [6, 6.07) is 3.19. The second-order valence-corrected chi connectivity index (χ2v) is 6.32. The van der Waals surface area contributed by atoms with Crippen molar-refractivity contribution < 1.29 is 8.42 Å². The Labute approximate surface area is 101 Å². The minimum Gasteiger partial charge on any atom is -0.321 e. The van der Waals surface area contributed by atoms with Gasteiger partial charge in [0.2, 0.25) is 0 Å². The quantitative estimate of drug-likeness (QED) is 0.525. The number of nitrogens with two attached hydrogens (primary N) is 1. The molecule has 0 amide bonds. The molecule has 94 valence electrons. The van der Waals surface area contributed by atoms with E-state index in [-0.39, 0.29) is 10.4 Å². The number of sulfonamides is 1. The predicted octanol–water partition coefficient (Wildman–Crippen LogP) is 0.446. The molecule has 0 spiro atoms. The van der Waals surface area contributed by atoms with Crippen molar-refractivity contribution in [1.82, 2.24) is 9.71 Å². The summed E-state index contributed by atoms with van der Waals surface area (Å²) in [6.45, 7) is 2.49. The first kappa shape index (κ1) is 12.3. The fraction of sp³-hybridized carbons (Fsp3) is 0.500. The van der Waals surface area contributed by atoms with Gasteiger partial charge in [-0.25, -0.2) is 18.1 Å². The van der Waals surface area contributed by atoms with E-state index in [0.717, 1.165) is 12.8 Å². The second-order valence-electron chi connectivity index (χ2n) is 4.64. The van der Waals surface area contributed by atoms with Crippen molar-refractivity contribution >= 4 is 15.7 Å². The number of hydrazine groups is 1. The highest BCUT2D eigenvalue weighted by atomic mass is 32.2. The van der Waals surface area contributed by atoms with Gasteiger partial charge in [-0.05, 0) is 30.4 Å². The first-order valence-corrected chi connectivity index (χ1v) is 6.86. The molecule has 0 aromatic carbocycles. The van der Waals surface area contributed by atoms with Crippen LogP contribution in [0.1, 0.15) is 19.8 Å². The van der Waals surface area contributed by atoms with Gasteiger partial charge in [-0.15, -0.1) is 0 Å². The minimum absolute atomic E-state index is 0.0632. The Bertz CT molecular complexity index is 511. The second kappa shape index (κ2) is 4.25. The van der Waals surface area contributed by atoms with Crippen molar-refractivity contribution in [2.45, 2.75) is 24.8 Å². The lowest BCUT2D eigenvalue weighted by Gasteiger charge is -2.12. The molecule has 1 saturated carbocycles. The predicted molar refractivity (Wildman–Crippen MR) is 64.6 cm³/mol. The van der Waals surface area contributed by atoms with Crippen molar-refractivity contribution in [3.05, 3.63) is 18.3 Å². The molecule has 0 radical (unpaired) electrons. The minimum atomic E-state index is -3.60. The van der Waals surface area contributed by atoms with Crippen LogP contribution in [0.25, 0.3) is 0 Å². The molecule has 1 heterocycles. The number of hydrogen-bond acceptors (Lipinski definition) is 5. The highest BCUT2D eigenvalue weighted by Crippen LogP contribution is 2.44. The number of aromatic nitrogens is 1. The summed E-state index contributed by atoms with van der Waals surface area (Å²) in [4.78, 5) is 3.85. The van der Waals surface area contributed by atoms with Crippen molar-refractivity contribution in [3.8, 4) is 0 Å². The highest BCUT2D eigenvalue weighted by molar-refractivity contribution is 7.89. The molecule has 4 N–H and O–H groups in total. The van der Waals surface area contributed by atoms with E-state index in [1.807, 2.05) is 0 Å². The van der Waals surface area contributed by atoms with Crippen molar-refractivity contribution in [1.29, 1.82) is 0 Å². The highest BCUT2D eigenvalue weighted by Gasteiger charge is 2.38.